The van der Waals surface area contributed by atoms with Crippen molar-refractivity contribution >= 4 is 17.7 Å². The first-order chi connectivity index (χ1) is 7.93. The third kappa shape index (κ3) is 4.09. The molecule has 0 radical (unpaired) electrons. The number of aliphatic carboxylic acids is 1. The fraction of sp³-hybridized carbons (Fsp3) is 0.889. The van der Waals surface area contributed by atoms with Crippen LogP contribution in [0.15, 0.2) is 0 Å². The summed E-state index contributed by atoms with van der Waals surface area (Å²) >= 11 is 1.35. The second-order valence-corrected chi connectivity index (χ2v) is 5.00. The molecule has 0 aromatic carbocycles. The highest BCUT2D eigenvalue weighted by Crippen LogP contribution is 2.23. The van der Waals surface area contributed by atoms with Crippen molar-refractivity contribution in [2.45, 2.75) is 37.1 Å². The van der Waals surface area contributed by atoms with Crippen molar-refractivity contribution in [2.24, 2.45) is 5.73 Å². The lowest BCUT2D eigenvalue weighted by Crippen LogP contribution is -2.33. The van der Waals surface area contributed by atoms with Gasteiger partial charge in [0.15, 0.2) is 6.29 Å². The zero-order valence-electron chi connectivity index (χ0n) is 9.10. The molecule has 0 aromatic rings. The van der Waals surface area contributed by atoms with Crippen molar-refractivity contribution in [3.63, 3.8) is 0 Å². The SMILES string of the molecule is NC(CCSC[C@H]1O[C@@H](O)[C@@H](O)C1O)C(=O)O. The van der Waals surface area contributed by atoms with E-state index in [0.717, 1.165) is 0 Å². The van der Waals surface area contributed by atoms with Gasteiger partial charge in [0.2, 0.25) is 0 Å². The Morgan fingerprint density at radius 2 is 2.00 bits per heavy atom. The number of aliphatic hydroxyl groups is 3. The van der Waals surface area contributed by atoms with Crippen LogP contribution >= 0.6 is 11.8 Å². The number of carboxylic acids is 1. The molecular weight excluding hydrogens is 250 g/mol. The van der Waals surface area contributed by atoms with Gasteiger partial charge in [-0.25, -0.2) is 0 Å². The van der Waals surface area contributed by atoms with E-state index in [1.54, 1.807) is 0 Å². The molecule has 0 aromatic heterocycles. The molecule has 5 atom stereocenters. The summed E-state index contributed by atoms with van der Waals surface area (Å²) in [6.07, 6.45) is -4.11. The molecule has 100 valence electrons. The van der Waals surface area contributed by atoms with E-state index in [4.69, 9.17) is 20.7 Å². The second kappa shape index (κ2) is 6.53. The molecule has 1 saturated heterocycles. The molecule has 2 unspecified atom stereocenters. The van der Waals surface area contributed by atoms with E-state index in [1.165, 1.54) is 11.8 Å². The lowest BCUT2D eigenvalue weighted by molar-refractivity contribution is -0.138. The number of thioether (sulfide) groups is 1. The molecule has 1 aliphatic rings. The van der Waals surface area contributed by atoms with Gasteiger partial charge in [0.1, 0.15) is 18.2 Å². The van der Waals surface area contributed by atoms with Crippen LogP contribution in [-0.4, -0.2) is 68.5 Å². The third-order valence-corrected chi connectivity index (χ3v) is 3.60. The molecule has 0 amide bonds. The van der Waals surface area contributed by atoms with E-state index in [1.807, 2.05) is 0 Å². The number of hydrogen-bond donors (Lipinski definition) is 5. The highest BCUT2D eigenvalue weighted by molar-refractivity contribution is 7.99. The van der Waals surface area contributed by atoms with Gasteiger partial charge in [-0.15, -0.1) is 0 Å². The first-order valence-corrected chi connectivity index (χ1v) is 6.34. The first-order valence-electron chi connectivity index (χ1n) is 5.19. The van der Waals surface area contributed by atoms with E-state index in [2.05, 4.69) is 0 Å². The summed E-state index contributed by atoms with van der Waals surface area (Å²) in [7, 11) is 0. The lowest BCUT2D eigenvalue weighted by atomic mass is 10.2. The van der Waals surface area contributed by atoms with Crippen molar-refractivity contribution in [1.29, 1.82) is 0 Å². The van der Waals surface area contributed by atoms with Crippen LogP contribution in [0.2, 0.25) is 0 Å². The Morgan fingerprint density at radius 1 is 1.35 bits per heavy atom. The Kier molecular flexibility index (Phi) is 5.63. The highest BCUT2D eigenvalue weighted by atomic mass is 32.2. The number of ether oxygens (including phenoxy) is 1. The van der Waals surface area contributed by atoms with Crippen molar-refractivity contribution in [1.82, 2.24) is 0 Å². The maximum atomic E-state index is 10.4. The van der Waals surface area contributed by atoms with Gasteiger partial charge in [0.05, 0.1) is 6.10 Å². The minimum Gasteiger partial charge on any atom is -0.480 e. The molecule has 1 heterocycles. The maximum Gasteiger partial charge on any atom is 0.320 e. The number of rotatable bonds is 6. The Morgan fingerprint density at radius 3 is 2.47 bits per heavy atom. The van der Waals surface area contributed by atoms with Gasteiger partial charge in [-0.1, -0.05) is 0 Å². The summed E-state index contributed by atoms with van der Waals surface area (Å²) in [6.45, 7) is 0. The van der Waals surface area contributed by atoms with Crippen molar-refractivity contribution in [2.75, 3.05) is 11.5 Å². The largest absolute Gasteiger partial charge is 0.480 e. The number of carbonyl (C=O) groups is 1. The summed E-state index contributed by atoms with van der Waals surface area (Å²) < 4.78 is 4.93. The number of carboxylic acid groups (broad SMARTS) is 1. The fourth-order valence-electron chi connectivity index (χ4n) is 1.40. The van der Waals surface area contributed by atoms with Crippen LogP contribution in [0.4, 0.5) is 0 Å². The third-order valence-electron chi connectivity index (χ3n) is 2.51. The predicted molar refractivity (Wildman–Crippen MR) is 60.4 cm³/mol. The molecular formula is C9H17NO6S. The zero-order valence-corrected chi connectivity index (χ0v) is 9.92. The van der Waals surface area contributed by atoms with Gasteiger partial charge in [-0.05, 0) is 12.2 Å². The molecule has 17 heavy (non-hydrogen) atoms. The Hall–Kier alpha value is -0.380. The normalized spacial score (nSPS) is 34.8. The monoisotopic (exact) mass is 267 g/mol. The van der Waals surface area contributed by atoms with Crippen molar-refractivity contribution in [3.05, 3.63) is 0 Å². The summed E-state index contributed by atoms with van der Waals surface area (Å²) in [6, 6.07) is -0.895. The van der Waals surface area contributed by atoms with E-state index in [9.17, 15) is 15.0 Å². The van der Waals surface area contributed by atoms with Crippen LogP contribution in [0.3, 0.4) is 0 Å². The van der Waals surface area contributed by atoms with Gasteiger partial charge >= 0.3 is 5.97 Å². The Balaban J connectivity index is 2.17. The van der Waals surface area contributed by atoms with Crippen LogP contribution in [0.1, 0.15) is 6.42 Å². The van der Waals surface area contributed by atoms with E-state index >= 15 is 0 Å². The minimum absolute atomic E-state index is 0.313. The molecule has 0 bridgehead atoms. The molecule has 1 fully saturated rings. The van der Waals surface area contributed by atoms with Gasteiger partial charge in [0, 0.05) is 5.75 Å². The molecule has 0 aliphatic carbocycles. The standard InChI is InChI=1S/C9H17NO6S/c10-4(8(13)14)1-2-17-3-5-6(11)7(12)9(15)16-5/h4-7,9,11-12,15H,1-3,10H2,(H,13,14)/t4?,5-,6?,7+,9-/m1/s1. The maximum absolute atomic E-state index is 10.4. The molecule has 1 aliphatic heterocycles. The quantitative estimate of drug-likeness (QED) is 0.348. The van der Waals surface area contributed by atoms with Crippen molar-refractivity contribution < 1.29 is 30.0 Å². The van der Waals surface area contributed by atoms with E-state index in [-0.39, 0.29) is 0 Å². The number of aliphatic hydroxyl groups excluding tert-OH is 3. The van der Waals surface area contributed by atoms with Gasteiger partial charge < -0.3 is 30.9 Å². The lowest BCUT2D eigenvalue weighted by Gasteiger charge is -2.14. The van der Waals surface area contributed by atoms with Crippen LogP contribution in [0.5, 0.6) is 0 Å². The van der Waals surface area contributed by atoms with Crippen LogP contribution < -0.4 is 5.73 Å². The number of hydrogen-bond acceptors (Lipinski definition) is 7. The average Bonchev–Trinajstić information content (AvgIpc) is 2.52. The Bertz CT molecular complexity index is 266. The van der Waals surface area contributed by atoms with Crippen LogP contribution in [-0.2, 0) is 9.53 Å². The topological polar surface area (TPSA) is 133 Å². The molecule has 0 saturated carbocycles. The summed E-state index contributed by atoms with van der Waals surface area (Å²) in [4.78, 5) is 10.4. The van der Waals surface area contributed by atoms with Crippen LogP contribution in [0.25, 0.3) is 0 Å². The summed E-state index contributed by atoms with van der Waals surface area (Å²) in [5.74, 6) is -0.179. The minimum atomic E-state index is -1.36. The van der Waals surface area contributed by atoms with Crippen molar-refractivity contribution in [3.8, 4) is 0 Å². The van der Waals surface area contributed by atoms with Crippen LogP contribution in [0, 0.1) is 0 Å². The van der Waals surface area contributed by atoms with E-state index in [0.29, 0.717) is 17.9 Å². The van der Waals surface area contributed by atoms with Gasteiger partial charge in [-0.3, -0.25) is 4.79 Å². The van der Waals surface area contributed by atoms with Gasteiger partial charge in [0.25, 0.3) is 0 Å². The molecule has 6 N–H and O–H groups in total. The average molecular weight is 267 g/mol. The fourth-order valence-corrected chi connectivity index (χ4v) is 2.50. The molecule has 0 spiro atoms. The van der Waals surface area contributed by atoms with E-state index < -0.39 is 36.6 Å². The predicted octanol–water partition coefficient (Wildman–Crippen LogP) is -2.04. The second-order valence-electron chi connectivity index (χ2n) is 3.85. The zero-order chi connectivity index (χ0) is 13.0. The highest BCUT2D eigenvalue weighted by Gasteiger charge is 2.41. The molecule has 1 rings (SSSR count). The number of nitrogens with two attached hydrogens (primary N) is 1. The first kappa shape index (κ1) is 14.7. The Labute approximate surface area is 103 Å². The summed E-state index contributed by atoms with van der Waals surface area (Å²) in [5, 5.41) is 36.3. The van der Waals surface area contributed by atoms with Gasteiger partial charge in [-0.2, -0.15) is 11.8 Å². The molecule has 7 nitrogen and oxygen atoms in total. The smallest absolute Gasteiger partial charge is 0.320 e. The molecule has 8 heteroatoms. The summed E-state index contributed by atoms with van der Waals surface area (Å²) in [5.41, 5.74) is 5.31.